The third-order valence-corrected chi connectivity index (χ3v) is 0.653. The fourth-order valence-corrected chi connectivity index (χ4v) is 0.431. The number of nitrogens with zero attached hydrogens (tertiary/aromatic N) is 1. The van der Waals surface area contributed by atoms with Gasteiger partial charge in [0.1, 0.15) is 0 Å². The van der Waals surface area contributed by atoms with Gasteiger partial charge in [-0.1, -0.05) is 0 Å². The molecule has 5 heteroatoms. The first kappa shape index (κ1) is 8.74. The highest BCUT2D eigenvalue weighted by molar-refractivity contribution is 5.88. The number of hydrogen-bond acceptors (Lipinski definition) is 1. The van der Waals surface area contributed by atoms with Crippen molar-refractivity contribution in [2.24, 2.45) is 10.7 Å². The van der Waals surface area contributed by atoms with E-state index in [0.29, 0.717) is 0 Å². The van der Waals surface area contributed by atoms with E-state index in [1.807, 2.05) is 13.8 Å². The molecule has 0 aromatic carbocycles. The van der Waals surface area contributed by atoms with E-state index in [4.69, 9.17) is 10.8 Å². The highest BCUT2D eigenvalue weighted by atomic mass is 16.4. The molecule has 4 N–H and O–H groups in total. The van der Waals surface area contributed by atoms with Gasteiger partial charge >= 0.3 is 6.09 Å². The van der Waals surface area contributed by atoms with Crippen molar-refractivity contribution in [2.75, 3.05) is 0 Å². The summed E-state index contributed by atoms with van der Waals surface area (Å²) in [4.78, 5) is 12.9. The molecule has 0 saturated carbocycles. The van der Waals surface area contributed by atoms with Crippen LogP contribution in [0, 0.1) is 0 Å². The van der Waals surface area contributed by atoms with Crippen LogP contribution < -0.4 is 11.1 Å². The number of nitrogens with one attached hydrogen (secondary N) is 1. The van der Waals surface area contributed by atoms with Gasteiger partial charge in [-0.15, -0.1) is 4.99 Å². The number of hydrogen-bond donors (Lipinski definition) is 3. The molecule has 0 bridgehead atoms. The van der Waals surface area contributed by atoms with E-state index in [2.05, 4.69) is 10.3 Å². The average Bonchev–Trinajstić information content (AvgIpc) is 1.58. The highest BCUT2D eigenvalue weighted by Gasteiger charge is 1.96. The van der Waals surface area contributed by atoms with Gasteiger partial charge in [0, 0.05) is 6.04 Å². The van der Waals surface area contributed by atoms with Crippen LogP contribution in [-0.2, 0) is 0 Å². The summed E-state index contributed by atoms with van der Waals surface area (Å²) in [5.41, 5.74) is 5.13. The van der Waals surface area contributed by atoms with Crippen molar-refractivity contribution in [1.82, 2.24) is 5.32 Å². The average molecular weight is 145 g/mol. The Morgan fingerprint density at radius 2 is 2.20 bits per heavy atom. The summed E-state index contributed by atoms with van der Waals surface area (Å²) in [5.74, 6) is -0.0671. The molecular weight excluding hydrogens is 134 g/mol. The SMILES string of the molecule is CC(C)N/C(N)=N/C(=O)O. The maximum absolute atomic E-state index is 9.88. The second-order valence-corrected chi connectivity index (χ2v) is 2.08. The zero-order chi connectivity index (χ0) is 8.15. The van der Waals surface area contributed by atoms with Crippen LogP contribution in [0.1, 0.15) is 13.8 Å². The fourth-order valence-electron chi connectivity index (χ4n) is 0.431. The van der Waals surface area contributed by atoms with E-state index in [1.54, 1.807) is 0 Å². The van der Waals surface area contributed by atoms with Crippen LogP contribution in [0.15, 0.2) is 4.99 Å². The van der Waals surface area contributed by atoms with Crippen LogP contribution in [0.25, 0.3) is 0 Å². The Balaban J connectivity index is 3.83. The zero-order valence-corrected chi connectivity index (χ0v) is 5.96. The topological polar surface area (TPSA) is 87.7 Å². The second-order valence-electron chi connectivity index (χ2n) is 2.08. The van der Waals surface area contributed by atoms with E-state index in [0.717, 1.165) is 0 Å². The third-order valence-electron chi connectivity index (χ3n) is 0.653. The molecule has 0 spiro atoms. The summed E-state index contributed by atoms with van der Waals surface area (Å²) in [6.45, 7) is 3.68. The smallest absolute Gasteiger partial charge is 0.434 e. The summed E-state index contributed by atoms with van der Waals surface area (Å²) in [6, 6.07) is 0.100. The van der Waals surface area contributed by atoms with E-state index >= 15 is 0 Å². The number of nitrogens with two attached hydrogens (primary N) is 1. The lowest BCUT2D eigenvalue weighted by molar-refractivity contribution is 0.205. The van der Waals surface area contributed by atoms with Gasteiger partial charge in [-0.05, 0) is 13.8 Å². The van der Waals surface area contributed by atoms with Crippen molar-refractivity contribution in [3.63, 3.8) is 0 Å². The van der Waals surface area contributed by atoms with Crippen LogP contribution in [-0.4, -0.2) is 23.2 Å². The molecule has 58 valence electrons. The fraction of sp³-hybridized carbons (Fsp3) is 0.600. The molecule has 0 radical (unpaired) electrons. The summed E-state index contributed by atoms with van der Waals surface area (Å²) in [7, 11) is 0. The van der Waals surface area contributed by atoms with Crippen LogP contribution >= 0.6 is 0 Å². The minimum Gasteiger partial charge on any atom is -0.463 e. The minimum atomic E-state index is -1.29. The van der Waals surface area contributed by atoms with Crippen LogP contribution in [0.4, 0.5) is 4.79 Å². The van der Waals surface area contributed by atoms with Crippen LogP contribution in [0.5, 0.6) is 0 Å². The number of aliphatic imine (C=N–C) groups is 1. The Kier molecular flexibility index (Phi) is 3.24. The van der Waals surface area contributed by atoms with Gasteiger partial charge in [-0.25, -0.2) is 4.79 Å². The molecule has 0 aliphatic carbocycles. The maximum atomic E-state index is 9.88. The molecule has 0 aromatic heterocycles. The van der Waals surface area contributed by atoms with Crippen LogP contribution in [0.3, 0.4) is 0 Å². The van der Waals surface area contributed by atoms with E-state index in [1.165, 1.54) is 0 Å². The normalized spacial score (nSPS) is 11.7. The zero-order valence-electron chi connectivity index (χ0n) is 5.96. The van der Waals surface area contributed by atoms with Gasteiger partial charge in [0.15, 0.2) is 5.96 Å². The Morgan fingerprint density at radius 1 is 1.70 bits per heavy atom. The van der Waals surface area contributed by atoms with Crippen molar-refractivity contribution in [2.45, 2.75) is 19.9 Å². The van der Waals surface area contributed by atoms with Gasteiger partial charge in [0.25, 0.3) is 0 Å². The Morgan fingerprint density at radius 3 is 2.50 bits per heavy atom. The van der Waals surface area contributed by atoms with E-state index < -0.39 is 6.09 Å². The van der Waals surface area contributed by atoms with Crippen molar-refractivity contribution >= 4 is 12.1 Å². The van der Waals surface area contributed by atoms with Gasteiger partial charge in [0.2, 0.25) is 0 Å². The van der Waals surface area contributed by atoms with E-state index in [9.17, 15) is 4.79 Å². The third kappa shape index (κ3) is 4.89. The lowest BCUT2D eigenvalue weighted by atomic mass is 10.4. The highest BCUT2D eigenvalue weighted by Crippen LogP contribution is 1.76. The van der Waals surface area contributed by atoms with Gasteiger partial charge in [-0.2, -0.15) is 0 Å². The number of rotatable bonds is 1. The Hall–Kier alpha value is -1.26. The molecule has 10 heavy (non-hydrogen) atoms. The standard InChI is InChI=1S/C5H11N3O2/c1-3(2)7-4(6)8-5(9)10/h3H,1-2H3,(H,9,10)(H3,6,7,8). The first-order chi connectivity index (χ1) is 4.52. The first-order valence-corrected chi connectivity index (χ1v) is 2.86. The predicted octanol–water partition coefficient (Wildman–Crippen LogP) is -0.0229. The Bertz CT molecular complexity index is 153. The monoisotopic (exact) mass is 145 g/mol. The summed E-state index contributed by atoms with van der Waals surface area (Å²) >= 11 is 0. The lowest BCUT2D eigenvalue weighted by Gasteiger charge is -2.06. The van der Waals surface area contributed by atoms with Gasteiger partial charge in [-0.3, -0.25) is 0 Å². The first-order valence-electron chi connectivity index (χ1n) is 2.86. The van der Waals surface area contributed by atoms with Crippen molar-refractivity contribution in [3.05, 3.63) is 0 Å². The molecular formula is C5H11N3O2. The quantitative estimate of drug-likeness (QED) is 0.357. The molecule has 0 heterocycles. The summed E-state index contributed by atoms with van der Waals surface area (Å²) in [5, 5.41) is 10.7. The van der Waals surface area contributed by atoms with Crippen molar-refractivity contribution in [1.29, 1.82) is 0 Å². The minimum absolute atomic E-state index is 0.0671. The van der Waals surface area contributed by atoms with Gasteiger partial charge in [0.05, 0.1) is 0 Å². The second kappa shape index (κ2) is 3.71. The predicted molar refractivity (Wildman–Crippen MR) is 37.9 cm³/mol. The molecule has 0 rings (SSSR count). The molecule has 0 aromatic rings. The largest absolute Gasteiger partial charge is 0.463 e. The number of amides is 1. The van der Waals surface area contributed by atoms with Gasteiger partial charge < -0.3 is 16.2 Å². The lowest BCUT2D eigenvalue weighted by Crippen LogP contribution is -2.37. The molecule has 0 saturated heterocycles. The molecule has 0 aliphatic heterocycles. The van der Waals surface area contributed by atoms with Crippen LogP contribution in [0.2, 0.25) is 0 Å². The molecule has 5 nitrogen and oxygen atoms in total. The Labute approximate surface area is 58.9 Å². The van der Waals surface area contributed by atoms with Crippen molar-refractivity contribution < 1.29 is 9.90 Å². The summed E-state index contributed by atoms with van der Waals surface area (Å²) in [6.07, 6.45) is -1.29. The summed E-state index contributed by atoms with van der Waals surface area (Å²) < 4.78 is 0. The van der Waals surface area contributed by atoms with E-state index in [-0.39, 0.29) is 12.0 Å². The number of guanidine groups is 1. The number of carbonyl (C=O) groups is 1. The molecule has 0 aliphatic rings. The van der Waals surface area contributed by atoms with Crippen molar-refractivity contribution in [3.8, 4) is 0 Å². The molecule has 0 atom stereocenters. The molecule has 1 amide bonds. The number of carboxylic acid groups (broad SMARTS) is 1. The molecule has 0 unspecified atom stereocenters. The maximum Gasteiger partial charge on any atom is 0.434 e. The molecule has 0 fully saturated rings.